The van der Waals surface area contributed by atoms with Gasteiger partial charge in [-0.25, -0.2) is 4.98 Å². The molecule has 0 aliphatic rings. The van der Waals surface area contributed by atoms with Crippen molar-refractivity contribution >= 4 is 17.4 Å². The molecule has 1 unspecified atom stereocenters. The van der Waals surface area contributed by atoms with E-state index in [0.29, 0.717) is 6.54 Å². The van der Waals surface area contributed by atoms with Crippen LogP contribution in [-0.4, -0.2) is 12.0 Å². The topological polar surface area (TPSA) is 42.2 Å². The van der Waals surface area contributed by atoms with Gasteiger partial charge in [0.25, 0.3) is 0 Å². The average molecular weight is 290 g/mol. The highest BCUT2D eigenvalue weighted by molar-refractivity contribution is 6.30. The van der Waals surface area contributed by atoms with Crippen LogP contribution in [0.5, 0.6) is 0 Å². The Kier molecular flexibility index (Phi) is 4.63. The molecule has 0 saturated heterocycles. The van der Waals surface area contributed by atoms with E-state index in [4.69, 9.17) is 17.3 Å². The smallest absolute Gasteiger partial charge is 0.129 e. The van der Waals surface area contributed by atoms with Gasteiger partial charge in [-0.3, -0.25) is 0 Å². The minimum atomic E-state index is 0.225. The quantitative estimate of drug-likeness (QED) is 0.933. The second kappa shape index (κ2) is 6.25. The molecule has 20 heavy (non-hydrogen) atoms. The van der Waals surface area contributed by atoms with Crippen LogP contribution in [0.2, 0.25) is 5.02 Å². The predicted octanol–water partition coefficient (Wildman–Crippen LogP) is 3.70. The summed E-state index contributed by atoms with van der Waals surface area (Å²) in [5, 5.41) is 0.755. The normalized spacial score (nSPS) is 12.2. The second-order valence-electron chi connectivity index (χ2n) is 4.96. The van der Waals surface area contributed by atoms with Gasteiger partial charge in [0, 0.05) is 24.3 Å². The third kappa shape index (κ3) is 3.11. The van der Waals surface area contributed by atoms with Crippen molar-refractivity contribution in [2.75, 3.05) is 11.9 Å². The van der Waals surface area contributed by atoms with Crippen LogP contribution in [0, 0.1) is 6.92 Å². The van der Waals surface area contributed by atoms with Crippen molar-refractivity contribution in [2.24, 2.45) is 5.73 Å². The highest BCUT2D eigenvalue weighted by Crippen LogP contribution is 2.25. The molecular formula is C16H20ClN3. The Bertz CT molecular complexity index is 581. The zero-order chi connectivity index (χ0) is 14.7. The lowest BCUT2D eigenvalue weighted by Gasteiger charge is -2.27. The molecule has 2 N–H and O–H groups in total. The Balaban J connectivity index is 2.24. The van der Waals surface area contributed by atoms with Gasteiger partial charge >= 0.3 is 0 Å². The van der Waals surface area contributed by atoms with Crippen LogP contribution in [0.4, 0.5) is 5.82 Å². The number of rotatable bonds is 4. The first-order chi connectivity index (χ1) is 9.52. The molecule has 0 fully saturated rings. The predicted molar refractivity (Wildman–Crippen MR) is 85.1 cm³/mol. The van der Waals surface area contributed by atoms with Gasteiger partial charge in [-0.2, -0.15) is 0 Å². The van der Waals surface area contributed by atoms with E-state index in [1.807, 2.05) is 50.4 Å². The first kappa shape index (κ1) is 14.8. The number of hydrogen-bond acceptors (Lipinski definition) is 3. The summed E-state index contributed by atoms with van der Waals surface area (Å²) in [6.45, 7) is 4.67. The highest BCUT2D eigenvalue weighted by atomic mass is 35.5. The number of anilines is 1. The van der Waals surface area contributed by atoms with E-state index in [-0.39, 0.29) is 6.04 Å². The van der Waals surface area contributed by atoms with Crippen LogP contribution in [-0.2, 0) is 6.54 Å². The third-order valence-corrected chi connectivity index (χ3v) is 3.95. The largest absolute Gasteiger partial charge is 0.353 e. The molecule has 0 saturated carbocycles. The van der Waals surface area contributed by atoms with Crippen molar-refractivity contribution < 1.29 is 0 Å². The number of hydrogen-bond donors (Lipinski definition) is 1. The standard InChI is InChI=1S/C16H20ClN3/c1-11-14(10-18)6-9-16(19-11)20(3)12(2)13-4-7-15(17)8-5-13/h4-9,12H,10,18H2,1-3H3. The van der Waals surface area contributed by atoms with Crippen LogP contribution in [0.1, 0.15) is 29.8 Å². The minimum Gasteiger partial charge on any atom is -0.353 e. The van der Waals surface area contributed by atoms with Crippen LogP contribution < -0.4 is 10.6 Å². The van der Waals surface area contributed by atoms with Crippen LogP contribution >= 0.6 is 11.6 Å². The van der Waals surface area contributed by atoms with E-state index in [1.54, 1.807) is 0 Å². The van der Waals surface area contributed by atoms with Gasteiger partial charge in [0.15, 0.2) is 0 Å². The van der Waals surface area contributed by atoms with Crippen molar-refractivity contribution in [1.29, 1.82) is 0 Å². The Morgan fingerprint density at radius 3 is 2.40 bits per heavy atom. The second-order valence-corrected chi connectivity index (χ2v) is 5.39. The fourth-order valence-electron chi connectivity index (χ4n) is 2.15. The maximum absolute atomic E-state index is 5.93. The molecule has 0 radical (unpaired) electrons. The molecule has 0 bridgehead atoms. The number of benzene rings is 1. The molecule has 106 valence electrons. The van der Waals surface area contributed by atoms with Gasteiger partial charge in [-0.1, -0.05) is 29.8 Å². The summed E-state index contributed by atoms with van der Waals surface area (Å²) < 4.78 is 0. The van der Waals surface area contributed by atoms with Crippen molar-refractivity contribution in [3.8, 4) is 0 Å². The van der Waals surface area contributed by atoms with Crippen molar-refractivity contribution in [3.63, 3.8) is 0 Å². The van der Waals surface area contributed by atoms with Crippen LogP contribution in [0.25, 0.3) is 0 Å². The first-order valence-corrected chi connectivity index (χ1v) is 7.05. The van der Waals surface area contributed by atoms with Crippen LogP contribution in [0.15, 0.2) is 36.4 Å². The van der Waals surface area contributed by atoms with Gasteiger partial charge in [0.1, 0.15) is 5.82 Å². The Labute approximate surface area is 125 Å². The van der Waals surface area contributed by atoms with E-state index in [2.05, 4.69) is 16.8 Å². The van der Waals surface area contributed by atoms with Gasteiger partial charge in [0.05, 0.1) is 6.04 Å². The van der Waals surface area contributed by atoms with Gasteiger partial charge in [-0.15, -0.1) is 0 Å². The summed E-state index contributed by atoms with van der Waals surface area (Å²) in [7, 11) is 2.04. The lowest BCUT2D eigenvalue weighted by Crippen LogP contribution is -2.23. The Hall–Kier alpha value is -1.58. The molecular weight excluding hydrogens is 270 g/mol. The van der Waals surface area contributed by atoms with E-state index >= 15 is 0 Å². The van der Waals surface area contributed by atoms with Crippen molar-refractivity contribution in [1.82, 2.24) is 4.98 Å². The zero-order valence-corrected chi connectivity index (χ0v) is 12.9. The number of halogens is 1. The SMILES string of the molecule is Cc1nc(N(C)C(C)c2ccc(Cl)cc2)ccc1CN. The molecule has 0 amide bonds. The summed E-state index contributed by atoms with van der Waals surface area (Å²) >= 11 is 5.93. The summed E-state index contributed by atoms with van der Waals surface area (Å²) in [6.07, 6.45) is 0. The molecule has 0 aliphatic carbocycles. The first-order valence-electron chi connectivity index (χ1n) is 6.68. The van der Waals surface area contributed by atoms with E-state index in [9.17, 15) is 0 Å². The molecule has 1 atom stereocenters. The number of aromatic nitrogens is 1. The Morgan fingerprint density at radius 1 is 1.20 bits per heavy atom. The number of aryl methyl sites for hydroxylation is 1. The lowest BCUT2D eigenvalue weighted by atomic mass is 10.1. The average Bonchev–Trinajstić information content (AvgIpc) is 2.46. The number of nitrogens with two attached hydrogens (primary N) is 1. The summed E-state index contributed by atoms with van der Waals surface area (Å²) in [6, 6.07) is 12.2. The molecule has 1 aromatic carbocycles. The molecule has 0 spiro atoms. The fourth-order valence-corrected chi connectivity index (χ4v) is 2.28. The van der Waals surface area contributed by atoms with Crippen molar-refractivity contribution in [3.05, 3.63) is 58.2 Å². The maximum atomic E-state index is 5.93. The molecule has 0 aliphatic heterocycles. The van der Waals surface area contributed by atoms with Gasteiger partial charge in [0.2, 0.25) is 0 Å². The minimum absolute atomic E-state index is 0.225. The lowest BCUT2D eigenvalue weighted by molar-refractivity contribution is 0.726. The summed E-state index contributed by atoms with van der Waals surface area (Å²) in [5.41, 5.74) is 8.95. The zero-order valence-electron chi connectivity index (χ0n) is 12.1. The fraction of sp³-hybridized carbons (Fsp3) is 0.312. The van der Waals surface area contributed by atoms with E-state index in [1.165, 1.54) is 5.56 Å². The summed E-state index contributed by atoms with van der Waals surface area (Å²) in [4.78, 5) is 6.78. The summed E-state index contributed by atoms with van der Waals surface area (Å²) in [5.74, 6) is 0.946. The number of nitrogens with zero attached hydrogens (tertiary/aromatic N) is 2. The molecule has 1 aromatic heterocycles. The molecule has 4 heteroatoms. The molecule has 2 rings (SSSR count). The van der Waals surface area contributed by atoms with Crippen LogP contribution in [0.3, 0.4) is 0 Å². The highest BCUT2D eigenvalue weighted by Gasteiger charge is 2.14. The maximum Gasteiger partial charge on any atom is 0.129 e. The molecule has 1 heterocycles. The molecule has 2 aromatic rings. The molecule has 3 nitrogen and oxygen atoms in total. The van der Waals surface area contributed by atoms with Gasteiger partial charge in [-0.05, 0) is 43.2 Å². The van der Waals surface area contributed by atoms with E-state index in [0.717, 1.165) is 22.1 Å². The third-order valence-electron chi connectivity index (χ3n) is 3.70. The van der Waals surface area contributed by atoms with E-state index < -0.39 is 0 Å². The van der Waals surface area contributed by atoms with Crippen molar-refractivity contribution in [2.45, 2.75) is 26.4 Å². The number of pyridine rings is 1. The van der Waals surface area contributed by atoms with Gasteiger partial charge < -0.3 is 10.6 Å². The monoisotopic (exact) mass is 289 g/mol. The Morgan fingerprint density at radius 2 is 1.85 bits per heavy atom.